The van der Waals surface area contributed by atoms with Crippen molar-refractivity contribution in [3.63, 3.8) is 0 Å². The van der Waals surface area contributed by atoms with E-state index in [4.69, 9.17) is 0 Å². The Morgan fingerprint density at radius 1 is 1.19 bits per heavy atom. The first kappa shape index (κ1) is 15.8. The molecule has 0 aliphatic heterocycles. The van der Waals surface area contributed by atoms with Gasteiger partial charge in [0.15, 0.2) is 0 Å². The summed E-state index contributed by atoms with van der Waals surface area (Å²) in [6.45, 7) is 6.58. The maximum absolute atomic E-state index is 4.32. The Bertz CT molecular complexity index is 532. The molecule has 0 fully saturated rings. The highest BCUT2D eigenvalue weighted by atomic mass is 15.2. The number of nitrogens with one attached hydrogen (secondary N) is 1. The van der Waals surface area contributed by atoms with Crippen molar-refractivity contribution in [3.05, 3.63) is 53.9 Å². The summed E-state index contributed by atoms with van der Waals surface area (Å²) in [6.07, 6.45) is 7.43. The monoisotopic (exact) mass is 285 g/mol. The van der Waals surface area contributed by atoms with Gasteiger partial charge in [-0.2, -0.15) is 5.10 Å². The zero-order valence-corrected chi connectivity index (χ0v) is 13.5. The van der Waals surface area contributed by atoms with Crippen molar-refractivity contribution in [1.82, 2.24) is 15.1 Å². The minimum Gasteiger partial charge on any atom is -0.316 e. The molecule has 1 aromatic carbocycles. The number of nitrogens with zero attached hydrogens (tertiary/aromatic N) is 2. The summed E-state index contributed by atoms with van der Waals surface area (Å²) < 4.78 is 1.89. The Morgan fingerprint density at radius 3 is 2.52 bits per heavy atom. The minimum atomic E-state index is 0.138. The molecule has 1 atom stereocenters. The maximum atomic E-state index is 4.32. The van der Waals surface area contributed by atoms with Gasteiger partial charge in [-0.1, -0.05) is 44.2 Å². The normalized spacial score (nSPS) is 14.0. The molecule has 21 heavy (non-hydrogen) atoms. The topological polar surface area (TPSA) is 29.9 Å². The van der Waals surface area contributed by atoms with Crippen molar-refractivity contribution >= 4 is 0 Å². The summed E-state index contributed by atoms with van der Waals surface area (Å²) in [6, 6.07) is 10.9. The number of aromatic nitrogens is 2. The molecule has 0 saturated heterocycles. The lowest BCUT2D eigenvalue weighted by Gasteiger charge is -2.34. The first-order chi connectivity index (χ1) is 10.2. The third-order valence-electron chi connectivity index (χ3n) is 4.25. The first-order valence-electron chi connectivity index (χ1n) is 7.94. The Balaban J connectivity index is 2.27. The van der Waals surface area contributed by atoms with Crippen LogP contribution in [-0.4, -0.2) is 22.9 Å². The molecule has 0 radical (unpaired) electrons. The van der Waals surface area contributed by atoms with Gasteiger partial charge in [-0.25, -0.2) is 0 Å². The van der Waals surface area contributed by atoms with Crippen molar-refractivity contribution < 1.29 is 0 Å². The van der Waals surface area contributed by atoms with E-state index in [0.717, 1.165) is 25.9 Å². The lowest BCUT2D eigenvalue weighted by molar-refractivity contribution is 0.378. The van der Waals surface area contributed by atoms with Gasteiger partial charge in [0.25, 0.3) is 0 Å². The smallest absolute Gasteiger partial charge is 0.0521 e. The number of aryl methyl sites for hydroxylation is 1. The first-order valence-corrected chi connectivity index (χ1v) is 7.94. The third-order valence-corrected chi connectivity index (χ3v) is 4.25. The predicted molar refractivity (Wildman–Crippen MR) is 88.5 cm³/mol. The van der Waals surface area contributed by atoms with Crippen LogP contribution in [0.2, 0.25) is 0 Å². The molecule has 2 aromatic rings. The zero-order chi connectivity index (χ0) is 15.1. The van der Waals surface area contributed by atoms with Gasteiger partial charge >= 0.3 is 0 Å². The van der Waals surface area contributed by atoms with Crippen LogP contribution in [-0.2, 0) is 18.9 Å². The van der Waals surface area contributed by atoms with E-state index in [1.165, 1.54) is 17.5 Å². The largest absolute Gasteiger partial charge is 0.316 e. The van der Waals surface area contributed by atoms with Crippen LogP contribution in [0.3, 0.4) is 0 Å². The molecule has 1 heterocycles. The van der Waals surface area contributed by atoms with E-state index >= 15 is 0 Å². The molecule has 3 heteroatoms. The molecule has 0 saturated carbocycles. The molecule has 3 nitrogen and oxygen atoms in total. The van der Waals surface area contributed by atoms with Crippen molar-refractivity contribution in [1.29, 1.82) is 0 Å². The van der Waals surface area contributed by atoms with Gasteiger partial charge in [-0.3, -0.25) is 4.68 Å². The van der Waals surface area contributed by atoms with Gasteiger partial charge in [0.1, 0.15) is 0 Å². The van der Waals surface area contributed by atoms with Gasteiger partial charge < -0.3 is 5.32 Å². The fraction of sp³-hybridized carbons (Fsp3) is 0.500. The van der Waals surface area contributed by atoms with E-state index in [1.807, 2.05) is 17.9 Å². The molecule has 0 spiro atoms. The van der Waals surface area contributed by atoms with Crippen LogP contribution >= 0.6 is 0 Å². The van der Waals surface area contributed by atoms with Crippen molar-refractivity contribution in [2.45, 2.75) is 38.5 Å². The van der Waals surface area contributed by atoms with Gasteiger partial charge in [-0.05, 0) is 36.9 Å². The van der Waals surface area contributed by atoms with Crippen molar-refractivity contribution in [3.8, 4) is 0 Å². The van der Waals surface area contributed by atoms with Crippen LogP contribution in [0.15, 0.2) is 42.7 Å². The summed E-state index contributed by atoms with van der Waals surface area (Å²) in [5, 5.41) is 7.95. The van der Waals surface area contributed by atoms with E-state index in [1.54, 1.807) is 0 Å². The Hall–Kier alpha value is -1.61. The molecule has 0 amide bonds. The molecule has 1 N–H and O–H groups in total. The summed E-state index contributed by atoms with van der Waals surface area (Å²) in [5.74, 6) is 0. The Labute approximate surface area is 128 Å². The Morgan fingerprint density at radius 2 is 1.95 bits per heavy atom. The van der Waals surface area contributed by atoms with Crippen molar-refractivity contribution in [2.75, 3.05) is 13.1 Å². The highest BCUT2D eigenvalue weighted by Crippen LogP contribution is 2.31. The van der Waals surface area contributed by atoms with E-state index < -0.39 is 0 Å². The molecule has 0 aliphatic carbocycles. The maximum Gasteiger partial charge on any atom is 0.0521 e. The average Bonchev–Trinajstić information content (AvgIpc) is 2.92. The predicted octanol–water partition coefficient (Wildman–Crippen LogP) is 3.31. The molecular weight excluding hydrogens is 258 g/mol. The van der Waals surface area contributed by atoms with Crippen LogP contribution in [0.4, 0.5) is 0 Å². The molecular formula is C18H27N3. The summed E-state index contributed by atoms with van der Waals surface area (Å²) in [7, 11) is 1.98. The lowest BCUT2D eigenvalue weighted by Crippen LogP contribution is -2.40. The van der Waals surface area contributed by atoms with Crippen LogP contribution in [0.1, 0.15) is 37.8 Å². The third kappa shape index (κ3) is 3.94. The fourth-order valence-corrected chi connectivity index (χ4v) is 2.97. The number of hydrogen-bond donors (Lipinski definition) is 1. The van der Waals surface area contributed by atoms with E-state index in [-0.39, 0.29) is 5.41 Å². The summed E-state index contributed by atoms with van der Waals surface area (Å²) in [5.41, 5.74) is 2.86. The molecule has 2 rings (SSSR count). The standard InChI is InChI=1S/C18H27N3/c1-4-11-19-15-18(5-2,17-9-7-6-8-10-17)12-16-13-20-21(3)14-16/h6-10,13-14,19H,4-5,11-12,15H2,1-3H3. The van der Waals surface area contributed by atoms with Crippen LogP contribution in [0.25, 0.3) is 0 Å². The number of rotatable bonds is 8. The fourth-order valence-electron chi connectivity index (χ4n) is 2.97. The van der Waals surface area contributed by atoms with E-state index in [2.05, 4.69) is 60.8 Å². The quantitative estimate of drug-likeness (QED) is 0.754. The second kappa shape index (κ2) is 7.41. The molecule has 0 aliphatic rings. The molecule has 1 aromatic heterocycles. The molecule has 0 bridgehead atoms. The van der Waals surface area contributed by atoms with E-state index in [0.29, 0.717) is 0 Å². The van der Waals surface area contributed by atoms with Crippen LogP contribution in [0.5, 0.6) is 0 Å². The van der Waals surface area contributed by atoms with Gasteiger partial charge in [0.2, 0.25) is 0 Å². The minimum absolute atomic E-state index is 0.138. The summed E-state index contributed by atoms with van der Waals surface area (Å²) >= 11 is 0. The second-order valence-electron chi connectivity index (χ2n) is 5.88. The SMILES string of the molecule is CCCNCC(CC)(Cc1cnn(C)c1)c1ccccc1. The van der Waals surface area contributed by atoms with Gasteiger partial charge in [0.05, 0.1) is 6.20 Å². The zero-order valence-electron chi connectivity index (χ0n) is 13.5. The van der Waals surface area contributed by atoms with E-state index in [9.17, 15) is 0 Å². The van der Waals surface area contributed by atoms with Crippen LogP contribution < -0.4 is 5.32 Å². The number of hydrogen-bond acceptors (Lipinski definition) is 2. The van der Waals surface area contributed by atoms with Crippen LogP contribution in [0, 0.1) is 0 Å². The highest BCUT2D eigenvalue weighted by molar-refractivity contribution is 5.29. The van der Waals surface area contributed by atoms with Gasteiger partial charge in [0, 0.05) is 25.2 Å². The second-order valence-corrected chi connectivity index (χ2v) is 5.88. The van der Waals surface area contributed by atoms with Crippen molar-refractivity contribution in [2.24, 2.45) is 7.05 Å². The molecule has 1 unspecified atom stereocenters. The lowest BCUT2D eigenvalue weighted by atomic mass is 9.74. The Kier molecular flexibility index (Phi) is 5.57. The average molecular weight is 285 g/mol. The molecule has 114 valence electrons. The summed E-state index contributed by atoms with van der Waals surface area (Å²) in [4.78, 5) is 0. The van der Waals surface area contributed by atoms with Gasteiger partial charge in [-0.15, -0.1) is 0 Å². The number of benzene rings is 1. The highest BCUT2D eigenvalue weighted by Gasteiger charge is 2.30.